The van der Waals surface area contributed by atoms with E-state index in [2.05, 4.69) is 5.16 Å². The number of carbonyl (C=O) groups is 1. The van der Waals surface area contributed by atoms with Gasteiger partial charge in [-0.15, -0.1) is 11.3 Å². The van der Waals surface area contributed by atoms with Crippen molar-refractivity contribution in [3.63, 3.8) is 0 Å². The molecule has 2 rings (SSSR count). The topological polar surface area (TPSA) is 78.9 Å². The van der Waals surface area contributed by atoms with Crippen LogP contribution in [0.3, 0.4) is 0 Å². The Morgan fingerprint density at radius 2 is 2.14 bits per heavy atom. The maximum atomic E-state index is 12.7. The van der Waals surface area contributed by atoms with E-state index in [9.17, 15) is 4.79 Å². The maximum Gasteiger partial charge on any atom is 0.264 e. The molecular formula is C15H23N3O2S. The van der Waals surface area contributed by atoms with E-state index in [1.165, 1.54) is 29.7 Å². The Morgan fingerprint density at radius 1 is 1.43 bits per heavy atom. The Labute approximate surface area is 129 Å². The molecule has 0 spiro atoms. The summed E-state index contributed by atoms with van der Waals surface area (Å²) in [5.41, 5.74) is 6.88. The smallest absolute Gasteiger partial charge is 0.264 e. The normalized spacial score (nSPS) is 15.7. The fourth-order valence-electron chi connectivity index (χ4n) is 2.61. The van der Waals surface area contributed by atoms with E-state index in [0.717, 1.165) is 17.7 Å². The molecule has 1 aliphatic carbocycles. The molecule has 3 N–H and O–H groups in total. The fourth-order valence-corrected chi connectivity index (χ4v) is 3.82. The van der Waals surface area contributed by atoms with E-state index < -0.39 is 0 Å². The van der Waals surface area contributed by atoms with Gasteiger partial charge in [-0.1, -0.05) is 11.6 Å². The highest BCUT2D eigenvalue weighted by atomic mass is 32.1. The first-order valence-electron chi connectivity index (χ1n) is 7.42. The molecule has 5 nitrogen and oxygen atoms in total. The number of nitrogens with zero attached hydrogens (tertiary/aromatic N) is 2. The lowest BCUT2D eigenvalue weighted by Crippen LogP contribution is -2.42. The Bertz CT molecular complexity index is 514. The predicted molar refractivity (Wildman–Crippen MR) is 85.2 cm³/mol. The van der Waals surface area contributed by atoms with Gasteiger partial charge in [0.2, 0.25) is 0 Å². The Kier molecular flexibility index (Phi) is 5.22. The molecule has 116 valence electrons. The number of carbonyl (C=O) groups excluding carboxylic acids is 1. The van der Waals surface area contributed by atoms with Gasteiger partial charge in [-0.3, -0.25) is 4.79 Å². The lowest BCUT2D eigenvalue weighted by molar-refractivity contribution is 0.0739. The van der Waals surface area contributed by atoms with Crippen molar-refractivity contribution in [2.45, 2.75) is 52.0 Å². The molecule has 1 heterocycles. The van der Waals surface area contributed by atoms with Crippen LogP contribution in [0.1, 0.15) is 53.2 Å². The largest absolute Gasteiger partial charge is 0.409 e. The number of hydrogen-bond acceptors (Lipinski definition) is 4. The van der Waals surface area contributed by atoms with Crippen molar-refractivity contribution in [1.82, 2.24) is 4.90 Å². The number of nitrogens with two attached hydrogens (primary N) is 1. The summed E-state index contributed by atoms with van der Waals surface area (Å²) in [5.74, 6) is 0.0184. The third kappa shape index (κ3) is 3.75. The number of aryl methyl sites for hydroxylation is 2. The van der Waals surface area contributed by atoms with E-state index in [1.807, 2.05) is 19.9 Å². The van der Waals surface area contributed by atoms with Crippen LogP contribution in [0.15, 0.2) is 11.2 Å². The molecular weight excluding hydrogens is 286 g/mol. The SMILES string of the molecule is CC(C)N(CC(N)=NO)C(=O)c1cc2c(s1)CCCCC2. The minimum atomic E-state index is -0.0327. The van der Waals surface area contributed by atoms with Crippen LogP contribution in [0.5, 0.6) is 0 Å². The van der Waals surface area contributed by atoms with Crippen molar-refractivity contribution in [2.75, 3.05) is 6.54 Å². The Balaban J connectivity index is 2.21. The first-order chi connectivity index (χ1) is 10.0. The summed E-state index contributed by atoms with van der Waals surface area (Å²) >= 11 is 1.60. The molecule has 0 unspecified atom stereocenters. The van der Waals surface area contributed by atoms with Crippen LogP contribution < -0.4 is 5.73 Å². The monoisotopic (exact) mass is 309 g/mol. The number of amidine groups is 1. The molecule has 0 atom stereocenters. The summed E-state index contributed by atoms with van der Waals surface area (Å²) in [6.07, 6.45) is 5.83. The standard InChI is InChI=1S/C15H23N3O2S/c1-10(2)18(9-14(16)17-20)15(19)13-8-11-6-4-3-5-7-12(11)21-13/h8,10,20H,3-7,9H2,1-2H3,(H2,16,17). The first kappa shape index (κ1) is 15.8. The van der Waals surface area contributed by atoms with Gasteiger partial charge < -0.3 is 15.8 Å². The van der Waals surface area contributed by atoms with Crippen LogP contribution >= 0.6 is 11.3 Å². The van der Waals surface area contributed by atoms with Crippen molar-refractivity contribution in [2.24, 2.45) is 10.9 Å². The zero-order chi connectivity index (χ0) is 15.4. The van der Waals surface area contributed by atoms with Gasteiger partial charge in [0.15, 0.2) is 5.84 Å². The lowest BCUT2D eigenvalue weighted by atomic mass is 10.1. The van der Waals surface area contributed by atoms with Crippen LogP contribution in [0.25, 0.3) is 0 Å². The first-order valence-corrected chi connectivity index (χ1v) is 8.23. The van der Waals surface area contributed by atoms with Gasteiger partial charge in [-0.05, 0) is 51.2 Å². The van der Waals surface area contributed by atoms with Crippen molar-refractivity contribution in [3.8, 4) is 0 Å². The van der Waals surface area contributed by atoms with Crippen molar-refractivity contribution >= 4 is 23.1 Å². The molecule has 0 aliphatic heterocycles. The maximum absolute atomic E-state index is 12.7. The molecule has 0 fully saturated rings. The number of amides is 1. The van der Waals surface area contributed by atoms with Gasteiger partial charge in [0, 0.05) is 10.9 Å². The van der Waals surface area contributed by atoms with Crippen LogP contribution in [-0.2, 0) is 12.8 Å². The highest BCUT2D eigenvalue weighted by Gasteiger charge is 2.23. The van der Waals surface area contributed by atoms with Gasteiger partial charge in [0.1, 0.15) is 0 Å². The second-order valence-corrected chi connectivity index (χ2v) is 6.87. The third-order valence-corrected chi connectivity index (χ3v) is 5.03. The fraction of sp³-hybridized carbons (Fsp3) is 0.600. The molecule has 0 saturated carbocycles. The summed E-state index contributed by atoms with van der Waals surface area (Å²) in [6.45, 7) is 4.01. The zero-order valence-electron chi connectivity index (χ0n) is 12.6. The van der Waals surface area contributed by atoms with E-state index in [0.29, 0.717) is 0 Å². The summed E-state index contributed by atoms with van der Waals surface area (Å²) < 4.78 is 0. The second kappa shape index (κ2) is 6.93. The highest BCUT2D eigenvalue weighted by Crippen LogP contribution is 2.30. The van der Waals surface area contributed by atoms with Crippen LogP contribution in [0.2, 0.25) is 0 Å². The molecule has 6 heteroatoms. The molecule has 0 radical (unpaired) electrons. The third-order valence-electron chi connectivity index (χ3n) is 3.80. The average molecular weight is 309 g/mol. The van der Waals surface area contributed by atoms with Crippen LogP contribution in [-0.4, -0.2) is 34.4 Å². The molecule has 1 aromatic heterocycles. The molecule has 21 heavy (non-hydrogen) atoms. The van der Waals surface area contributed by atoms with Crippen molar-refractivity contribution in [3.05, 3.63) is 21.4 Å². The number of thiophene rings is 1. The van der Waals surface area contributed by atoms with Crippen LogP contribution in [0, 0.1) is 0 Å². The van der Waals surface area contributed by atoms with Gasteiger partial charge in [0.05, 0.1) is 11.4 Å². The highest BCUT2D eigenvalue weighted by molar-refractivity contribution is 7.14. The molecule has 1 aliphatic rings. The summed E-state index contributed by atoms with van der Waals surface area (Å²) in [4.78, 5) is 16.4. The molecule has 0 saturated heterocycles. The molecule has 0 aromatic carbocycles. The van der Waals surface area contributed by atoms with E-state index in [4.69, 9.17) is 10.9 Å². The summed E-state index contributed by atoms with van der Waals surface area (Å²) in [5, 5.41) is 11.7. The molecule has 1 aromatic rings. The van der Waals surface area contributed by atoms with Gasteiger partial charge in [-0.2, -0.15) is 0 Å². The average Bonchev–Trinajstić information content (AvgIpc) is 2.74. The minimum absolute atomic E-state index is 0.000272. The van der Waals surface area contributed by atoms with E-state index in [1.54, 1.807) is 16.2 Å². The van der Waals surface area contributed by atoms with Gasteiger partial charge in [0.25, 0.3) is 5.91 Å². The minimum Gasteiger partial charge on any atom is -0.409 e. The molecule has 1 amide bonds. The number of fused-ring (bicyclic) bond motifs is 1. The lowest BCUT2D eigenvalue weighted by Gasteiger charge is -2.25. The van der Waals surface area contributed by atoms with E-state index in [-0.39, 0.29) is 24.3 Å². The van der Waals surface area contributed by atoms with Crippen LogP contribution in [0.4, 0.5) is 0 Å². The van der Waals surface area contributed by atoms with Gasteiger partial charge >= 0.3 is 0 Å². The second-order valence-electron chi connectivity index (χ2n) is 5.74. The number of hydrogen-bond donors (Lipinski definition) is 2. The van der Waals surface area contributed by atoms with Crippen molar-refractivity contribution in [1.29, 1.82) is 0 Å². The van der Waals surface area contributed by atoms with Crippen molar-refractivity contribution < 1.29 is 10.0 Å². The Morgan fingerprint density at radius 3 is 2.81 bits per heavy atom. The summed E-state index contributed by atoms with van der Waals surface area (Å²) in [6, 6.07) is 2.04. The number of rotatable bonds is 4. The molecule has 0 bridgehead atoms. The quantitative estimate of drug-likeness (QED) is 0.295. The summed E-state index contributed by atoms with van der Waals surface area (Å²) in [7, 11) is 0. The predicted octanol–water partition coefficient (Wildman–Crippen LogP) is 2.61. The Hall–Kier alpha value is -1.56. The van der Waals surface area contributed by atoms with E-state index >= 15 is 0 Å². The number of oxime groups is 1. The zero-order valence-corrected chi connectivity index (χ0v) is 13.4. The van der Waals surface area contributed by atoms with Gasteiger partial charge in [-0.25, -0.2) is 0 Å².